The van der Waals surface area contributed by atoms with Crippen LogP contribution in [0.2, 0.25) is 5.02 Å². The fraction of sp³-hybridized carbons (Fsp3) is 0.250. The summed E-state index contributed by atoms with van der Waals surface area (Å²) in [4.78, 5) is 11.4. The Morgan fingerprint density at radius 1 is 1.50 bits per heavy atom. The van der Waals surface area contributed by atoms with E-state index in [0.717, 1.165) is 0 Å². The summed E-state index contributed by atoms with van der Waals surface area (Å²) in [6.45, 7) is 4.12. The van der Waals surface area contributed by atoms with E-state index >= 15 is 0 Å². The normalized spacial score (nSPS) is 11.0. The lowest BCUT2D eigenvalue weighted by Crippen LogP contribution is -1.92. The van der Waals surface area contributed by atoms with Crippen LogP contribution in [0.15, 0.2) is 18.3 Å². The van der Waals surface area contributed by atoms with Gasteiger partial charge in [-0.25, -0.2) is 4.39 Å². The zero-order valence-electron chi connectivity index (χ0n) is 9.05. The monoisotopic (exact) mass is 239 g/mol. The highest BCUT2D eigenvalue weighted by Crippen LogP contribution is 2.27. The standard InChI is InChI=1S/C12H11ClFNO/c1-3-15-6-9(7(2)16)8-4-10(13)11(14)5-12(8)15/h4-6H,3H2,1-2H3. The number of halogens is 2. The van der Waals surface area contributed by atoms with Crippen molar-refractivity contribution in [2.45, 2.75) is 20.4 Å². The van der Waals surface area contributed by atoms with Crippen molar-refractivity contribution in [3.8, 4) is 0 Å². The first-order chi connectivity index (χ1) is 7.54. The summed E-state index contributed by atoms with van der Waals surface area (Å²) in [5.41, 5.74) is 1.29. The smallest absolute Gasteiger partial charge is 0.161 e. The van der Waals surface area contributed by atoms with Crippen LogP contribution in [0.5, 0.6) is 0 Å². The third-order valence-electron chi connectivity index (χ3n) is 2.64. The first kappa shape index (κ1) is 11.1. The van der Waals surface area contributed by atoms with Gasteiger partial charge in [-0.2, -0.15) is 0 Å². The number of hydrogen-bond acceptors (Lipinski definition) is 1. The largest absolute Gasteiger partial charge is 0.347 e. The van der Waals surface area contributed by atoms with Crippen molar-refractivity contribution < 1.29 is 9.18 Å². The zero-order chi connectivity index (χ0) is 11.9. The summed E-state index contributed by atoms with van der Waals surface area (Å²) in [5, 5.41) is 0.754. The molecule has 0 atom stereocenters. The van der Waals surface area contributed by atoms with Gasteiger partial charge in [-0.3, -0.25) is 4.79 Å². The summed E-state index contributed by atoms with van der Waals surface area (Å²) < 4.78 is 15.2. The summed E-state index contributed by atoms with van der Waals surface area (Å²) in [6.07, 6.45) is 1.74. The molecule has 0 fully saturated rings. The van der Waals surface area contributed by atoms with Crippen molar-refractivity contribution >= 4 is 28.3 Å². The summed E-state index contributed by atoms with van der Waals surface area (Å²) in [7, 11) is 0. The zero-order valence-corrected chi connectivity index (χ0v) is 9.81. The number of benzene rings is 1. The molecular formula is C12H11ClFNO. The second-order valence-electron chi connectivity index (χ2n) is 3.67. The number of hydrogen-bond donors (Lipinski definition) is 0. The Kier molecular flexibility index (Phi) is 2.72. The Hall–Kier alpha value is -1.35. The van der Waals surface area contributed by atoms with Crippen molar-refractivity contribution in [2.75, 3.05) is 0 Å². The van der Waals surface area contributed by atoms with E-state index in [1.54, 1.807) is 6.20 Å². The molecule has 4 heteroatoms. The molecule has 84 valence electrons. The average Bonchev–Trinajstić information content (AvgIpc) is 2.57. The van der Waals surface area contributed by atoms with E-state index in [4.69, 9.17) is 11.6 Å². The van der Waals surface area contributed by atoms with E-state index in [1.807, 2.05) is 11.5 Å². The van der Waals surface area contributed by atoms with Crippen molar-refractivity contribution in [1.82, 2.24) is 4.57 Å². The van der Waals surface area contributed by atoms with Crippen LogP contribution in [0.3, 0.4) is 0 Å². The van der Waals surface area contributed by atoms with Crippen LogP contribution >= 0.6 is 11.6 Å². The third kappa shape index (κ3) is 1.61. The fourth-order valence-electron chi connectivity index (χ4n) is 1.83. The molecule has 1 aromatic carbocycles. The van der Waals surface area contributed by atoms with E-state index in [9.17, 15) is 9.18 Å². The lowest BCUT2D eigenvalue weighted by molar-refractivity contribution is 0.101. The molecule has 0 saturated heterocycles. The Labute approximate surface area is 97.6 Å². The third-order valence-corrected chi connectivity index (χ3v) is 2.93. The topological polar surface area (TPSA) is 22.0 Å². The van der Waals surface area contributed by atoms with Gasteiger partial charge >= 0.3 is 0 Å². The molecule has 0 bridgehead atoms. The molecular weight excluding hydrogens is 229 g/mol. The van der Waals surface area contributed by atoms with Gasteiger partial charge in [-0.15, -0.1) is 0 Å². The van der Waals surface area contributed by atoms with E-state index in [2.05, 4.69) is 0 Å². The molecule has 16 heavy (non-hydrogen) atoms. The molecule has 0 N–H and O–H groups in total. The molecule has 0 aliphatic carbocycles. The number of carbonyl (C=O) groups excluding carboxylic acids is 1. The van der Waals surface area contributed by atoms with Crippen LogP contribution in [0.1, 0.15) is 24.2 Å². The second kappa shape index (κ2) is 3.91. The van der Waals surface area contributed by atoms with Crippen molar-refractivity contribution in [1.29, 1.82) is 0 Å². The van der Waals surface area contributed by atoms with Gasteiger partial charge in [0.1, 0.15) is 5.82 Å². The molecule has 2 rings (SSSR count). The van der Waals surface area contributed by atoms with Gasteiger partial charge in [0.2, 0.25) is 0 Å². The highest BCUT2D eigenvalue weighted by molar-refractivity contribution is 6.31. The summed E-state index contributed by atoms with van der Waals surface area (Å²) in [5.74, 6) is -0.503. The Morgan fingerprint density at radius 3 is 2.75 bits per heavy atom. The highest BCUT2D eigenvalue weighted by atomic mass is 35.5. The highest BCUT2D eigenvalue weighted by Gasteiger charge is 2.13. The molecule has 1 heterocycles. The maximum atomic E-state index is 13.3. The molecule has 2 nitrogen and oxygen atoms in total. The molecule has 0 aliphatic rings. The number of aromatic nitrogens is 1. The van der Waals surface area contributed by atoms with Crippen LogP contribution in [0.4, 0.5) is 4.39 Å². The molecule has 0 radical (unpaired) electrons. The van der Waals surface area contributed by atoms with Crippen molar-refractivity contribution in [3.05, 3.63) is 34.7 Å². The van der Waals surface area contributed by atoms with E-state index in [0.29, 0.717) is 23.0 Å². The van der Waals surface area contributed by atoms with E-state index in [-0.39, 0.29) is 10.8 Å². The van der Waals surface area contributed by atoms with Gasteiger partial charge in [0.15, 0.2) is 5.78 Å². The van der Waals surface area contributed by atoms with Gasteiger partial charge in [0.05, 0.1) is 10.5 Å². The van der Waals surface area contributed by atoms with E-state index < -0.39 is 5.82 Å². The molecule has 1 aromatic heterocycles. The first-order valence-electron chi connectivity index (χ1n) is 5.03. The van der Waals surface area contributed by atoms with Crippen molar-refractivity contribution in [2.24, 2.45) is 0 Å². The number of carbonyl (C=O) groups is 1. The number of aryl methyl sites for hydroxylation is 1. The van der Waals surface area contributed by atoms with Gasteiger partial charge in [0, 0.05) is 23.7 Å². The van der Waals surface area contributed by atoms with Gasteiger partial charge in [-0.1, -0.05) is 11.6 Å². The number of Topliss-reactive ketones (excluding diaryl/α,β-unsaturated/α-hetero) is 1. The minimum Gasteiger partial charge on any atom is -0.347 e. The predicted molar refractivity (Wildman–Crippen MR) is 62.6 cm³/mol. The van der Waals surface area contributed by atoms with Gasteiger partial charge in [-0.05, 0) is 26.0 Å². The molecule has 0 spiro atoms. The fourth-order valence-corrected chi connectivity index (χ4v) is 1.99. The van der Waals surface area contributed by atoms with Crippen LogP contribution < -0.4 is 0 Å². The molecule has 2 aromatic rings. The van der Waals surface area contributed by atoms with Crippen LogP contribution in [0, 0.1) is 5.82 Å². The SMILES string of the molecule is CCn1cc(C(C)=O)c2cc(Cl)c(F)cc21. The van der Waals surface area contributed by atoms with Crippen LogP contribution in [-0.2, 0) is 6.54 Å². The predicted octanol–water partition coefficient (Wildman–Crippen LogP) is 3.66. The minimum absolute atomic E-state index is 0.0418. The molecule has 0 amide bonds. The number of ketones is 1. The lowest BCUT2D eigenvalue weighted by Gasteiger charge is -2.01. The van der Waals surface area contributed by atoms with E-state index in [1.165, 1.54) is 19.1 Å². The Balaban J connectivity index is 2.85. The Morgan fingerprint density at radius 2 is 2.19 bits per heavy atom. The van der Waals surface area contributed by atoms with Gasteiger partial charge < -0.3 is 4.57 Å². The van der Waals surface area contributed by atoms with Crippen LogP contribution in [0.25, 0.3) is 10.9 Å². The second-order valence-corrected chi connectivity index (χ2v) is 4.08. The average molecular weight is 240 g/mol. The number of fused-ring (bicyclic) bond motifs is 1. The number of rotatable bonds is 2. The first-order valence-corrected chi connectivity index (χ1v) is 5.41. The van der Waals surface area contributed by atoms with Crippen LogP contribution in [-0.4, -0.2) is 10.4 Å². The maximum absolute atomic E-state index is 13.3. The Bertz CT molecular complexity index is 574. The van der Waals surface area contributed by atoms with Gasteiger partial charge in [0.25, 0.3) is 0 Å². The lowest BCUT2D eigenvalue weighted by atomic mass is 10.1. The molecule has 0 aliphatic heterocycles. The summed E-state index contributed by atoms with van der Waals surface area (Å²) in [6, 6.07) is 2.88. The minimum atomic E-state index is -0.461. The molecule has 0 unspecified atom stereocenters. The molecule has 0 saturated carbocycles. The quantitative estimate of drug-likeness (QED) is 0.733. The van der Waals surface area contributed by atoms with Crippen molar-refractivity contribution in [3.63, 3.8) is 0 Å². The summed E-state index contributed by atoms with van der Waals surface area (Å²) >= 11 is 5.72. The number of nitrogens with zero attached hydrogens (tertiary/aromatic N) is 1. The maximum Gasteiger partial charge on any atom is 0.161 e.